The Morgan fingerprint density at radius 1 is 1.14 bits per heavy atom. The van der Waals surface area contributed by atoms with Crippen LogP contribution in [0.5, 0.6) is 0 Å². The smallest absolute Gasteiger partial charge is 0.393 e. The third-order valence-electron chi connectivity index (χ3n) is 4.50. The van der Waals surface area contributed by atoms with Crippen LogP contribution in [0.15, 0.2) is 30.6 Å². The molecule has 3 rings (SSSR count). The summed E-state index contributed by atoms with van der Waals surface area (Å²) < 4.78 is 80.0. The van der Waals surface area contributed by atoms with Gasteiger partial charge in [0.05, 0.1) is 18.5 Å². The number of nitrogens with two attached hydrogens (primary N) is 1. The molecular weight excluding hydrogens is 406 g/mol. The largest absolute Gasteiger partial charge is 0.434 e. The molecule has 156 valence electrons. The van der Waals surface area contributed by atoms with Crippen molar-refractivity contribution in [1.29, 1.82) is 0 Å². The normalized spacial score (nSPS) is 14.9. The summed E-state index contributed by atoms with van der Waals surface area (Å²) in [5.41, 5.74) is 0.342. The summed E-state index contributed by atoms with van der Waals surface area (Å²) in [5.74, 6) is -0.512. The third-order valence-corrected chi connectivity index (χ3v) is 4.50. The lowest BCUT2D eigenvalue weighted by Crippen LogP contribution is -2.45. The minimum Gasteiger partial charge on any atom is -0.393 e. The van der Waals surface area contributed by atoms with Gasteiger partial charge in [-0.05, 0) is 24.1 Å². The fraction of sp³-hybridized carbons (Fsp3) is 0.294. The predicted octanol–water partition coefficient (Wildman–Crippen LogP) is 3.05. The molecule has 1 aromatic carbocycles. The Morgan fingerprint density at radius 3 is 2.34 bits per heavy atom. The summed E-state index contributed by atoms with van der Waals surface area (Å²) in [6.45, 7) is -0.124. The van der Waals surface area contributed by atoms with Gasteiger partial charge in [-0.3, -0.25) is 4.40 Å². The summed E-state index contributed by atoms with van der Waals surface area (Å²) in [7, 11) is 0. The van der Waals surface area contributed by atoms with Crippen molar-refractivity contribution in [3.05, 3.63) is 47.4 Å². The van der Waals surface area contributed by atoms with Gasteiger partial charge in [0.2, 0.25) is 5.60 Å². The highest BCUT2D eigenvalue weighted by Crippen LogP contribution is 2.40. The maximum absolute atomic E-state index is 13.3. The molecule has 6 nitrogen and oxygen atoms in total. The summed E-state index contributed by atoms with van der Waals surface area (Å²) in [6, 6.07) is 3.15. The second kappa shape index (κ2) is 6.59. The van der Waals surface area contributed by atoms with Gasteiger partial charge in [0.15, 0.2) is 17.2 Å². The number of nitrogens with zero attached hydrogens (tertiary/aromatic N) is 3. The van der Waals surface area contributed by atoms with Crippen LogP contribution in [0, 0.1) is 6.92 Å². The Balaban J connectivity index is 2.27. The summed E-state index contributed by atoms with van der Waals surface area (Å²) in [5, 5.41) is 19.1. The van der Waals surface area contributed by atoms with E-state index in [-0.39, 0.29) is 16.9 Å². The topological polar surface area (TPSA) is 96.7 Å². The van der Waals surface area contributed by atoms with E-state index < -0.39 is 41.6 Å². The summed E-state index contributed by atoms with van der Waals surface area (Å²) in [6.07, 6.45) is -8.24. The zero-order chi connectivity index (χ0) is 21.8. The van der Waals surface area contributed by atoms with Crippen LogP contribution in [0.4, 0.5) is 32.2 Å². The van der Waals surface area contributed by atoms with Crippen molar-refractivity contribution in [2.45, 2.75) is 24.9 Å². The number of hydrogen-bond acceptors (Lipinski definition) is 5. The van der Waals surface area contributed by atoms with Crippen molar-refractivity contribution in [3.8, 4) is 11.3 Å². The van der Waals surface area contributed by atoms with Gasteiger partial charge >= 0.3 is 12.4 Å². The molecule has 0 radical (unpaired) electrons. The number of aliphatic hydroxyl groups is 2. The molecule has 12 heteroatoms. The summed E-state index contributed by atoms with van der Waals surface area (Å²) in [4.78, 5) is 7.15. The lowest BCUT2D eigenvalue weighted by Gasteiger charge is -2.29. The zero-order valence-electron chi connectivity index (χ0n) is 14.7. The Morgan fingerprint density at radius 2 is 1.79 bits per heavy atom. The quantitative estimate of drug-likeness (QED) is 0.566. The van der Waals surface area contributed by atoms with E-state index in [1.165, 1.54) is 13.0 Å². The van der Waals surface area contributed by atoms with E-state index in [9.17, 15) is 31.4 Å². The molecule has 0 bridgehead atoms. The molecule has 0 amide bonds. The third kappa shape index (κ3) is 3.38. The highest BCUT2D eigenvalue weighted by Gasteiger charge is 2.54. The molecule has 29 heavy (non-hydrogen) atoms. The molecule has 0 aliphatic heterocycles. The number of benzene rings is 1. The van der Waals surface area contributed by atoms with Crippen molar-refractivity contribution in [2.24, 2.45) is 0 Å². The first-order chi connectivity index (χ1) is 13.3. The first kappa shape index (κ1) is 20.9. The average molecular weight is 420 g/mol. The van der Waals surface area contributed by atoms with Crippen molar-refractivity contribution in [3.63, 3.8) is 0 Å². The number of nitrogen functional groups attached to an aromatic ring is 1. The van der Waals surface area contributed by atoms with Crippen molar-refractivity contribution < 1.29 is 36.6 Å². The zero-order valence-corrected chi connectivity index (χ0v) is 14.7. The molecule has 2 aromatic heterocycles. The molecule has 4 N–H and O–H groups in total. The number of imidazole rings is 1. The number of aliphatic hydroxyl groups excluding tert-OH is 1. The second-order valence-electron chi connectivity index (χ2n) is 6.39. The van der Waals surface area contributed by atoms with Crippen LogP contribution < -0.4 is 5.73 Å². The minimum atomic E-state index is -5.19. The van der Waals surface area contributed by atoms with Gasteiger partial charge in [-0.2, -0.15) is 26.3 Å². The minimum absolute atomic E-state index is 0.00131. The molecule has 0 aliphatic rings. The molecular formula is C17H14F6N4O2. The molecule has 0 saturated carbocycles. The van der Waals surface area contributed by atoms with Gasteiger partial charge in [-0.15, -0.1) is 0 Å². The molecule has 0 unspecified atom stereocenters. The van der Waals surface area contributed by atoms with Crippen molar-refractivity contribution in [2.75, 3.05) is 12.3 Å². The van der Waals surface area contributed by atoms with Crippen molar-refractivity contribution >= 4 is 11.5 Å². The average Bonchev–Trinajstić information content (AvgIpc) is 3.04. The van der Waals surface area contributed by atoms with Crippen LogP contribution >= 0.6 is 0 Å². The lowest BCUT2D eigenvalue weighted by molar-refractivity contribution is -0.277. The maximum atomic E-state index is 13.3. The van der Waals surface area contributed by atoms with Gasteiger partial charge in [0, 0.05) is 11.8 Å². The molecule has 2 heterocycles. The van der Waals surface area contributed by atoms with E-state index in [0.717, 1.165) is 22.7 Å². The number of hydrogen-bond donors (Lipinski definition) is 3. The van der Waals surface area contributed by atoms with Gasteiger partial charge in [0.25, 0.3) is 0 Å². The highest BCUT2D eigenvalue weighted by molar-refractivity contribution is 5.72. The van der Waals surface area contributed by atoms with Gasteiger partial charge in [0.1, 0.15) is 0 Å². The van der Waals surface area contributed by atoms with Crippen LogP contribution in [0.25, 0.3) is 16.9 Å². The van der Waals surface area contributed by atoms with Gasteiger partial charge < -0.3 is 15.9 Å². The fourth-order valence-electron chi connectivity index (χ4n) is 2.85. The number of halogens is 6. The Hall–Kier alpha value is -2.86. The molecule has 1 atom stereocenters. The number of aromatic nitrogens is 3. The van der Waals surface area contributed by atoms with Crippen LogP contribution in [-0.4, -0.2) is 37.4 Å². The van der Waals surface area contributed by atoms with Gasteiger partial charge in [-0.25, -0.2) is 9.97 Å². The molecule has 0 saturated heterocycles. The highest BCUT2D eigenvalue weighted by atomic mass is 19.4. The fourth-order valence-corrected chi connectivity index (χ4v) is 2.85. The molecule has 0 fully saturated rings. The van der Waals surface area contributed by atoms with Crippen LogP contribution in [-0.2, 0) is 11.8 Å². The number of rotatable bonds is 3. The first-order valence-corrected chi connectivity index (χ1v) is 8.02. The number of fused-ring (bicyclic) bond motifs is 1. The number of aryl methyl sites for hydroxylation is 1. The molecule has 0 aliphatic carbocycles. The van der Waals surface area contributed by atoms with Crippen LogP contribution in [0.3, 0.4) is 0 Å². The van der Waals surface area contributed by atoms with Crippen molar-refractivity contribution in [1.82, 2.24) is 14.4 Å². The Kier molecular flexibility index (Phi) is 4.74. The van der Waals surface area contributed by atoms with E-state index >= 15 is 0 Å². The van der Waals surface area contributed by atoms with E-state index in [1.54, 1.807) is 0 Å². The van der Waals surface area contributed by atoms with Gasteiger partial charge in [-0.1, -0.05) is 12.1 Å². The standard InChI is InChI=1S/C17H14F6N4O2/c1-8-2-3-9(15(29,7-28)17(21,22)23)4-10(8)11-5-25-14-13(24)26-12(6-27(11)14)16(18,19)20/h2-6,28-29H,7H2,1H3,(H2,24,26)/t15-/m0/s1. The second-order valence-corrected chi connectivity index (χ2v) is 6.39. The lowest BCUT2D eigenvalue weighted by atomic mass is 9.90. The Labute approximate surface area is 159 Å². The predicted molar refractivity (Wildman–Crippen MR) is 89.6 cm³/mol. The van der Waals surface area contributed by atoms with E-state index in [1.807, 2.05) is 0 Å². The Bertz CT molecular complexity index is 1080. The molecule has 0 spiro atoms. The van der Waals surface area contributed by atoms with E-state index in [2.05, 4.69) is 9.97 Å². The van der Waals surface area contributed by atoms with E-state index in [4.69, 9.17) is 10.8 Å². The van der Waals surface area contributed by atoms with E-state index in [0.29, 0.717) is 11.8 Å². The van der Waals surface area contributed by atoms with Crippen LogP contribution in [0.2, 0.25) is 0 Å². The molecule has 3 aromatic rings. The van der Waals surface area contributed by atoms with Crippen LogP contribution in [0.1, 0.15) is 16.8 Å². The SMILES string of the molecule is Cc1ccc([C@@](O)(CO)C(F)(F)F)cc1-c1cnc2c(N)nc(C(F)(F)F)cn12. The monoisotopic (exact) mass is 420 g/mol. The number of alkyl halides is 6. The summed E-state index contributed by atoms with van der Waals surface area (Å²) >= 11 is 0. The first-order valence-electron chi connectivity index (χ1n) is 8.02. The number of anilines is 1. The maximum Gasteiger partial charge on any atom is 0.434 e.